The second-order valence-electron chi connectivity index (χ2n) is 6.88. The number of amides is 2. The van der Waals surface area contributed by atoms with Crippen LogP contribution in [-0.2, 0) is 14.3 Å². The van der Waals surface area contributed by atoms with Crippen molar-refractivity contribution in [1.82, 2.24) is 9.80 Å². The van der Waals surface area contributed by atoms with E-state index in [2.05, 4.69) is 4.90 Å². The molecular weight excluding hydrogens is 337 g/mol. The van der Waals surface area contributed by atoms with E-state index >= 15 is 0 Å². The Kier molecular flexibility index (Phi) is 6.08. The maximum Gasteiger partial charge on any atom is 0.228 e. The average molecular weight is 363 g/mol. The summed E-state index contributed by atoms with van der Waals surface area (Å²) in [5.41, 5.74) is 0.975. The normalized spacial score (nSPS) is 21.2. The number of carbonyl (C=O) groups excluding carboxylic acids is 2. The zero-order valence-electron chi connectivity index (χ0n) is 15.2. The van der Waals surface area contributed by atoms with E-state index in [9.17, 15) is 14.0 Å². The van der Waals surface area contributed by atoms with Crippen molar-refractivity contribution in [3.8, 4) is 0 Å². The highest BCUT2D eigenvalue weighted by Crippen LogP contribution is 2.22. The van der Waals surface area contributed by atoms with Gasteiger partial charge >= 0.3 is 0 Å². The molecule has 0 saturated carbocycles. The fourth-order valence-corrected chi connectivity index (χ4v) is 3.66. The highest BCUT2D eigenvalue weighted by atomic mass is 19.1. The number of ether oxygens (including phenoxy) is 1. The van der Waals surface area contributed by atoms with Gasteiger partial charge in [0.25, 0.3) is 0 Å². The first-order chi connectivity index (χ1) is 12.6. The quantitative estimate of drug-likeness (QED) is 0.793. The lowest BCUT2D eigenvalue weighted by Crippen LogP contribution is -2.40. The standard InChI is InChI=1S/C19H26FN3O3/c1-26-12-11-23-14-15(13-18(23)24)19(25)22-8-2-7-21(9-10-22)17-5-3-16(20)4-6-17/h3-6,15H,2,7-14H2,1H3/t15-/m1/s1. The zero-order chi connectivity index (χ0) is 18.5. The van der Waals surface area contributed by atoms with Crippen molar-refractivity contribution < 1.29 is 18.7 Å². The van der Waals surface area contributed by atoms with Crippen molar-refractivity contribution in [3.05, 3.63) is 30.1 Å². The van der Waals surface area contributed by atoms with E-state index in [-0.39, 0.29) is 23.5 Å². The molecule has 2 aliphatic heterocycles. The van der Waals surface area contributed by atoms with Crippen LogP contribution in [0.15, 0.2) is 24.3 Å². The Morgan fingerprint density at radius 3 is 2.69 bits per heavy atom. The number of likely N-dealkylation sites (tertiary alicyclic amines) is 1. The number of rotatable bonds is 5. The molecule has 1 aromatic rings. The Labute approximate surface area is 153 Å². The second kappa shape index (κ2) is 8.49. The van der Waals surface area contributed by atoms with Gasteiger partial charge in [0.1, 0.15) is 5.82 Å². The van der Waals surface area contributed by atoms with Gasteiger partial charge in [-0.15, -0.1) is 0 Å². The van der Waals surface area contributed by atoms with Gasteiger partial charge < -0.3 is 19.4 Å². The van der Waals surface area contributed by atoms with Gasteiger partial charge in [-0.3, -0.25) is 9.59 Å². The molecule has 0 aromatic heterocycles. The van der Waals surface area contributed by atoms with Crippen molar-refractivity contribution in [3.63, 3.8) is 0 Å². The molecule has 2 amide bonds. The minimum absolute atomic E-state index is 0.0307. The number of benzene rings is 1. The maximum absolute atomic E-state index is 13.1. The monoisotopic (exact) mass is 363 g/mol. The number of halogens is 1. The molecule has 7 heteroatoms. The molecule has 2 saturated heterocycles. The molecule has 0 N–H and O–H groups in total. The van der Waals surface area contributed by atoms with Crippen molar-refractivity contribution in [2.24, 2.45) is 5.92 Å². The molecule has 0 radical (unpaired) electrons. The molecule has 2 heterocycles. The van der Waals surface area contributed by atoms with Gasteiger partial charge in [-0.1, -0.05) is 0 Å². The minimum Gasteiger partial charge on any atom is -0.383 e. The fourth-order valence-electron chi connectivity index (χ4n) is 3.66. The number of hydrogen-bond donors (Lipinski definition) is 0. The summed E-state index contributed by atoms with van der Waals surface area (Å²) in [6.45, 7) is 4.38. The van der Waals surface area contributed by atoms with Gasteiger partial charge in [0.2, 0.25) is 11.8 Å². The SMILES string of the molecule is COCCN1C[C@H](C(=O)N2CCCN(c3ccc(F)cc3)CC2)CC1=O. The van der Waals surface area contributed by atoms with Gasteiger partial charge in [0.15, 0.2) is 0 Å². The van der Waals surface area contributed by atoms with Crippen LogP contribution in [0.1, 0.15) is 12.8 Å². The van der Waals surface area contributed by atoms with Gasteiger partial charge in [-0.05, 0) is 30.7 Å². The second-order valence-corrected chi connectivity index (χ2v) is 6.88. The minimum atomic E-state index is -0.253. The third-order valence-electron chi connectivity index (χ3n) is 5.13. The summed E-state index contributed by atoms with van der Waals surface area (Å²) in [5.74, 6) is -0.400. The zero-order valence-corrected chi connectivity index (χ0v) is 15.2. The molecule has 26 heavy (non-hydrogen) atoms. The number of hydrogen-bond acceptors (Lipinski definition) is 4. The summed E-state index contributed by atoms with van der Waals surface area (Å²) in [5, 5.41) is 0. The molecule has 1 atom stereocenters. The Hall–Kier alpha value is -2.15. The first kappa shape index (κ1) is 18.6. The summed E-state index contributed by atoms with van der Waals surface area (Å²) < 4.78 is 18.1. The largest absolute Gasteiger partial charge is 0.383 e. The molecule has 2 fully saturated rings. The molecule has 0 bridgehead atoms. The van der Waals surface area contributed by atoms with Gasteiger partial charge in [-0.25, -0.2) is 4.39 Å². The summed E-state index contributed by atoms with van der Waals surface area (Å²) in [6.07, 6.45) is 1.15. The van der Waals surface area contributed by atoms with Gasteiger partial charge in [0.05, 0.1) is 12.5 Å². The molecule has 142 valence electrons. The molecule has 1 aromatic carbocycles. The number of nitrogens with zero attached hydrogens (tertiary/aromatic N) is 3. The smallest absolute Gasteiger partial charge is 0.228 e. The van der Waals surface area contributed by atoms with Gasteiger partial charge in [0, 0.05) is 58.5 Å². The first-order valence-electron chi connectivity index (χ1n) is 9.14. The highest BCUT2D eigenvalue weighted by molar-refractivity contribution is 5.89. The topological polar surface area (TPSA) is 53.1 Å². The molecule has 6 nitrogen and oxygen atoms in total. The third kappa shape index (κ3) is 4.33. The molecule has 0 aliphatic carbocycles. The summed E-state index contributed by atoms with van der Waals surface area (Å²) in [7, 11) is 1.60. The van der Waals surface area contributed by atoms with Crippen molar-refractivity contribution in [1.29, 1.82) is 0 Å². The van der Waals surface area contributed by atoms with E-state index in [1.807, 2.05) is 4.90 Å². The highest BCUT2D eigenvalue weighted by Gasteiger charge is 2.36. The van der Waals surface area contributed by atoms with Crippen LogP contribution in [-0.4, -0.2) is 74.6 Å². The Morgan fingerprint density at radius 1 is 1.19 bits per heavy atom. The first-order valence-corrected chi connectivity index (χ1v) is 9.14. The van der Waals surface area contributed by atoms with Crippen LogP contribution in [0.25, 0.3) is 0 Å². The van der Waals surface area contributed by atoms with Crippen LogP contribution in [0.2, 0.25) is 0 Å². The van der Waals surface area contributed by atoms with Crippen LogP contribution >= 0.6 is 0 Å². The van der Waals surface area contributed by atoms with E-state index in [1.54, 1.807) is 24.1 Å². The molecule has 0 unspecified atom stereocenters. The Bertz CT molecular complexity index is 637. The van der Waals surface area contributed by atoms with Crippen LogP contribution < -0.4 is 4.90 Å². The average Bonchev–Trinajstić information content (AvgIpc) is 2.85. The van der Waals surface area contributed by atoms with E-state index < -0.39 is 0 Å². The third-order valence-corrected chi connectivity index (χ3v) is 5.13. The summed E-state index contributed by atoms with van der Waals surface area (Å²) >= 11 is 0. The maximum atomic E-state index is 13.1. The van der Waals surface area contributed by atoms with E-state index in [4.69, 9.17) is 4.74 Å². The lowest BCUT2D eigenvalue weighted by molar-refractivity contribution is -0.135. The summed E-state index contributed by atoms with van der Waals surface area (Å²) in [6, 6.07) is 6.47. The van der Waals surface area contributed by atoms with Crippen LogP contribution in [0.5, 0.6) is 0 Å². The lowest BCUT2D eigenvalue weighted by Gasteiger charge is -2.25. The van der Waals surface area contributed by atoms with Crippen LogP contribution in [0, 0.1) is 11.7 Å². The lowest BCUT2D eigenvalue weighted by atomic mass is 10.1. The fraction of sp³-hybridized carbons (Fsp3) is 0.579. The van der Waals surface area contributed by atoms with Crippen molar-refractivity contribution in [2.45, 2.75) is 12.8 Å². The molecule has 3 rings (SSSR count). The summed E-state index contributed by atoms with van der Waals surface area (Å²) in [4.78, 5) is 30.7. The predicted octanol–water partition coefficient (Wildman–Crippen LogP) is 1.36. The Morgan fingerprint density at radius 2 is 1.96 bits per heavy atom. The van der Waals surface area contributed by atoms with Crippen LogP contribution in [0.4, 0.5) is 10.1 Å². The number of anilines is 1. The van der Waals surface area contributed by atoms with Crippen molar-refractivity contribution >= 4 is 17.5 Å². The van der Waals surface area contributed by atoms with E-state index in [0.717, 1.165) is 18.7 Å². The molecule has 0 spiro atoms. The molecule has 2 aliphatic rings. The number of carbonyl (C=O) groups is 2. The molecular formula is C19H26FN3O3. The van der Waals surface area contributed by atoms with Gasteiger partial charge in [-0.2, -0.15) is 0 Å². The van der Waals surface area contributed by atoms with E-state index in [0.29, 0.717) is 45.8 Å². The number of methoxy groups -OCH3 is 1. The van der Waals surface area contributed by atoms with Crippen molar-refractivity contribution in [2.75, 3.05) is 57.9 Å². The van der Waals surface area contributed by atoms with Crippen LogP contribution in [0.3, 0.4) is 0 Å². The van der Waals surface area contributed by atoms with E-state index in [1.165, 1.54) is 12.1 Å². The Balaban J connectivity index is 1.56. The predicted molar refractivity (Wildman–Crippen MR) is 96.4 cm³/mol.